The third kappa shape index (κ3) is 7.22. The number of alkyl halides is 1. The van der Waals surface area contributed by atoms with E-state index in [0.29, 0.717) is 27.9 Å². The molecule has 5 nitrogen and oxygen atoms in total. The number of benzene rings is 3. The van der Waals surface area contributed by atoms with Gasteiger partial charge in [0, 0.05) is 39.3 Å². The Morgan fingerprint density at radius 1 is 1.08 bits per heavy atom. The van der Waals surface area contributed by atoms with Crippen molar-refractivity contribution in [2.45, 2.75) is 45.4 Å². The molecule has 0 spiro atoms. The fourth-order valence-corrected chi connectivity index (χ4v) is 5.11. The monoisotopic (exact) mass is 610 g/mol. The van der Waals surface area contributed by atoms with Gasteiger partial charge in [-0.25, -0.2) is 9.37 Å². The molecule has 1 aromatic heterocycles. The van der Waals surface area contributed by atoms with Crippen LogP contribution in [0.5, 0.6) is 0 Å². The molecule has 0 fully saturated rings. The molecule has 0 bridgehead atoms. The lowest BCUT2D eigenvalue weighted by Crippen LogP contribution is -2.31. The van der Waals surface area contributed by atoms with Crippen LogP contribution in [-0.4, -0.2) is 29.8 Å². The first kappa shape index (κ1) is 28.7. The lowest BCUT2D eigenvalue weighted by Gasteiger charge is -2.20. The number of carbonyl (C=O) groups is 2. The van der Waals surface area contributed by atoms with Crippen LogP contribution in [0, 0.1) is 6.92 Å². The van der Waals surface area contributed by atoms with Gasteiger partial charge in [0.25, 0.3) is 5.91 Å². The number of carbonyl (C=O) groups excluding carboxylic acids is 2. The second-order valence-electron chi connectivity index (χ2n) is 9.34. The number of pyridine rings is 1. The van der Waals surface area contributed by atoms with Gasteiger partial charge in [-0.1, -0.05) is 76.9 Å². The average molecular weight is 612 g/mol. The largest absolute Gasteiger partial charge is 0.431 e. The molecule has 0 radical (unpaired) electrons. The topological polar surface area (TPSA) is 68.3 Å². The number of hydrogen-bond donors (Lipinski definition) is 1. The zero-order chi connectivity index (χ0) is 27.9. The number of hydrogen-bond acceptors (Lipinski definition) is 4. The maximum absolute atomic E-state index is 14.0. The van der Waals surface area contributed by atoms with Gasteiger partial charge in [0.05, 0.1) is 23.2 Å². The molecule has 1 N–H and O–H groups in total. The van der Waals surface area contributed by atoms with Crippen molar-refractivity contribution >= 4 is 50.3 Å². The number of nitrogens with one attached hydrogen (secondary N) is 1. The van der Waals surface area contributed by atoms with Crippen molar-refractivity contribution in [1.29, 1.82) is 0 Å². The van der Waals surface area contributed by atoms with E-state index in [4.69, 9.17) is 21.3 Å². The second-order valence-corrected chi connectivity index (χ2v) is 10.7. The zero-order valence-corrected chi connectivity index (χ0v) is 24.1. The Balaban J connectivity index is 1.66. The molecule has 1 amide bonds. The van der Waals surface area contributed by atoms with Crippen LogP contribution < -0.4 is 5.32 Å². The van der Waals surface area contributed by atoms with Crippen molar-refractivity contribution in [3.8, 4) is 11.3 Å². The first-order chi connectivity index (χ1) is 18.8. The Morgan fingerprint density at radius 3 is 2.56 bits per heavy atom. The Hall–Kier alpha value is -3.29. The third-order valence-electron chi connectivity index (χ3n) is 6.48. The van der Waals surface area contributed by atoms with Gasteiger partial charge >= 0.3 is 5.97 Å². The summed E-state index contributed by atoms with van der Waals surface area (Å²) >= 11 is 9.72. The fraction of sp³-hybridized carbons (Fsp3) is 0.258. The molecule has 2 atom stereocenters. The van der Waals surface area contributed by atoms with Crippen LogP contribution >= 0.6 is 27.5 Å². The Morgan fingerprint density at radius 2 is 1.85 bits per heavy atom. The summed E-state index contributed by atoms with van der Waals surface area (Å²) in [6.45, 7) is 3.82. The highest BCUT2D eigenvalue weighted by Crippen LogP contribution is 2.31. The van der Waals surface area contributed by atoms with E-state index in [1.165, 1.54) is 0 Å². The number of fused-ring (bicyclic) bond motifs is 1. The van der Waals surface area contributed by atoms with Crippen molar-refractivity contribution in [1.82, 2.24) is 10.3 Å². The summed E-state index contributed by atoms with van der Waals surface area (Å²) in [6.07, 6.45) is -1.07. The Kier molecular flexibility index (Phi) is 9.70. The van der Waals surface area contributed by atoms with Gasteiger partial charge in [-0.05, 0) is 54.8 Å². The summed E-state index contributed by atoms with van der Waals surface area (Å²) in [5, 5.41) is 4.21. The lowest BCUT2D eigenvalue weighted by molar-refractivity contribution is -0.158. The predicted molar refractivity (Wildman–Crippen MR) is 157 cm³/mol. The van der Waals surface area contributed by atoms with Crippen LogP contribution in [-0.2, 0) is 9.53 Å². The van der Waals surface area contributed by atoms with E-state index >= 15 is 0 Å². The standard InChI is InChI=1S/C31H29BrClFN2O3/c1-3-8-27(34)39-28(37)16-22(21-11-7-12-24(33)15-21)18-35-31(38)29-19(2)30(20-9-5-4-6-10-20)36-26-14-13-23(32)17-25(26)29/h4-7,9-15,17,22,27H,3,8,16,18H2,1-2H3,(H,35,38). The molecule has 0 aliphatic carbocycles. The Labute approximate surface area is 240 Å². The molecule has 0 saturated heterocycles. The van der Waals surface area contributed by atoms with Gasteiger partial charge in [0.1, 0.15) is 0 Å². The van der Waals surface area contributed by atoms with E-state index in [-0.39, 0.29) is 25.3 Å². The third-order valence-corrected chi connectivity index (χ3v) is 7.21. The summed E-state index contributed by atoms with van der Waals surface area (Å²) in [5.41, 5.74) is 4.29. The molecule has 4 rings (SSSR count). The highest BCUT2D eigenvalue weighted by atomic mass is 79.9. The summed E-state index contributed by atoms with van der Waals surface area (Å²) in [4.78, 5) is 31.2. The van der Waals surface area contributed by atoms with E-state index in [1.54, 1.807) is 18.2 Å². The first-order valence-corrected chi connectivity index (χ1v) is 14.0. The van der Waals surface area contributed by atoms with Gasteiger partial charge in [-0.15, -0.1) is 0 Å². The summed E-state index contributed by atoms with van der Waals surface area (Å²) in [6, 6.07) is 22.4. The van der Waals surface area contributed by atoms with Crippen LogP contribution in [0.25, 0.3) is 22.2 Å². The quantitative estimate of drug-likeness (QED) is 0.184. The lowest BCUT2D eigenvalue weighted by atomic mass is 9.94. The second kappa shape index (κ2) is 13.2. The molecule has 2 unspecified atom stereocenters. The summed E-state index contributed by atoms with van der Waals surface area (Å²) in [7, 11) is 0. The fourth-order valence-electron chi connectivity index (χ4n) is 4.55. The minimum Gasteiger partial charge on any atom is -0.431 e. The predicted octanol–water partition coefficient (Wildman–Crippen LogP) is 8.17. The molecule has 8 heteroatoms. The first-order valence-electron chi connectivity index (χ1n) is 12.8. The van der Waals surface area contributed by atoms with E-state index in [0.717, 1.165) is 26.9 Å². The SMILES string of the molecule is CCCC(F)OC(=O)CC(CNC(=O)c1c(C)c(-c2ccccc2)nc2ccc(Br)cc12)c1cccc(Cl)c1. The zero-order valence-electron chi connectivity index (χ0n) is 21.7. The van der Waals surface area contributed by atoms with E-state index < -0.39 is 18.2 Å². The molecular weight excluding hydrogens is 583 g/mol. The van der Waals surface area contributed by atoms with Crippen molar-refractivity contribution in [2.24, 2.45) is 0 Å². The number of nitrogens with zero attached hydrogens (tertiary/aromatic N) is 1. The van der Waals surface area contributed by atoms with Crippen molar-refractivity contribution < 1.29 is 18.7 Å². The molecule has 39 heavy (non-hydrogen) atoms. The normalized spacial score (nSPS) is 12.6. The van der Waals surface area contributed by atoms with Gasteiger partial charge < -0.3 is 10.1 Å². The maximum Gasteiger partial charge on any atom is 0.309 e. The summed E-state index contributed by atoms with van der Waals surface area (Å²) in [5.74, 6) is -1.44. The van der Waals surface area contributed by atoms with Crippen molar-refractivity contribution in [3.63, 3.8) is 0 Å². The van der Waals surface area contributed by atoms with Crippen LogP contribution in [0.4, 0.5) is 4.39 Å². The van der Waals surface area contributed by atoms with Gasteiger partial charge in [-0.2, -0.15) is 0 Å². The number of ether oxygens (including phenoxy) is 1. The van der Waals surface area contributed by atoms with E-state index in [2.05, 4.69) is 21.2 Å². The number of rotatable bonds is 10. The van der Waals surface area contributed by atoms with Crippen LogP contribution in [0.15, 0.2) is 77.3 Å². The molecule has 1 heterocycles. The molecule has 3 aromatic carbocycles. The number of aromatic nitrogens is 1. The van der Waals surface area contributed by atoms with Crippen LogP contribution in [0.1, 0.15) is 53.6 Å². The number of esters is 1. The molecule has 0 aliphatic heterocycles. The molecule has 4 aromatic rings. The maximum atomic E-state index is 14.0. The smallest absolute Gasteiger partial charge is 0.309 e. The van der Waals surface area contributed by atoms with Crippen LogP contribution in [0.2, 0.25) is 5.02 Å². The van der Waals surface area contributed by atoms with E-state index in [1.807, 2.05) is 68.4 Å². The van der Waals surface area contributed by atoms with Crippen molar-refractivity contribution in [2.75, 3.05) is 6.54 Å². The minimum absolute atomic E-state index is 0.109. The van der Waals surface area contributed by atoms with Crippen LogP contribution in [0.3, 0.4) is 0 Å². The minimum atomic E-state index is -1.65. The highest BCUT2D eigenvalue weighted by molar-refractivity contribution is 9.10. The number of halogens is 3. The molecule has 0 saturated carbocycles. The molecule has 202 valence electrons. The average Bonchev–Trinajstić information content (AvgIpc) is 2.91. The molecule has 0 aliphatic rings. The highest BCUT2D eigenvalue weighted by Gasteiger charge is 2.24. The number of amides is 1. The van der Waals surface area contributed by atoms with Gasteiger partial charge in [0.15, 0.2) is 0 Å². The van der Waals surface area contributed by atoms with Gasteiger partial charge in [0.2, 0.25) is 6.36 Å². The van der Waals surface area contributed by atoms with E-state index in [9.17, 15) is 14.0 Å². The Bertz CT molecular complexity index is 1480. The summed E-state index contributed by atoms with van der Waals surface area (Å²) < 4.78 is 19.7. The molecular formula is C31H29BrClFN2O3. The van der Waals surface area contributed by atoms with Crippen molar-refractivity contribution in [3.05, 3.63) is 99.0 Å². The van der Waals surface area contributed by atoms with Gasteiger partial charge in [-0.3, -0.25) is 9.59 Å².